The third kappa shape index (κ3) is 4.96. The summed E-state index contributed by atoms with van der Waals surface area (Å²) in [4.78, 5) is 35.5. The fraction of sp³-hybridized carbons (Fsp3) is 0.471. The number of rotatable bonds is 5. The second kappa shape index (κ2) is 8.15. The number of aryl methyl sites for hydroxylation is 1. The first-order valence-electron chi connectivity index (χ1n) is 8.01. The molecule has 1 aliphatic rings. The molecular formula is C17H22ClN3O3. The van der Waals surface area contributed by atoms with E-state index < -0.39 is 6.04 Å². The lowest BCUT2D eigenvalue weighted by Gasteiger charge is -2.24. The van der Waals surface area contributed by atoms with E-state index in [-0.39, 0.29) is 30.3 Å². The molecule has 2 rings (SSSR count). The number of amides is 3. The minimum atomic E-state index is -0.486. The van der Waals surface area contributed by atoms with Crippen molar-refractivity contribution in [3.05, 3.63) is 34.3 Å². The summed E-state index contributed by atoms with van der Waals surface area (Å²) in [7, 11) is 0. The zero-order valence-electron chi connectivity index (χ0n) is 13.8. The van der Waals surface area contributed by atoms with Gasteiger partial charge < -0.3 is 16.0 Å². The van der Waals surface area contributed by atoms with Crippen LogP contribution >= 0.6 is 11.6 Å². The van der Waals surface area contributed by atoms with Gasteiger partial charge >= 0.3 is 0 Å². The molecule has 6 nitrogen and oxygen atoms in total. The molecule has 7 heteroatoms. The number of benzene rings is 1. The van der Waals surface area contributed by atoms with Crippen molar-refractivity contribution in [1.82, 2.24) is 16.0 Å². The summed E-state index contributed by atoms with van der Waals surface area (Å²) in [5.41, 5.74) is 1.38. The molecule has 1 aromatic carbocycles. The van der Waals surface area contributed by atoms with Gasteiger partial charge in [-0.05, 0) is 44.4 Å². The number of carbonyl (C=O) groups is 3. The Labute approximate surface area is 146 Å². The molecule has 3 amide bonds. The monoisotopic (exact) mass is 351 g/mol. The Morgan fingerprint density at radius 3 is 2.83 bits per heavy atom. The molecule has 3 N–H and O–H groups in total. The minimum Gasteiger partial charge on any atom is -0.350 e. The Balaban J connectivity index is 1.80. The molecule has 24 heavy (non-hydrogen) atoms. The quantitative estimate of drug-likeness (QED) is 0.752. The number of hydrogen-bond donors (Lipinski definition) is 3. The normalized spacial score (nSPS) is 18.5. The number of carbonyl (C=O) groups excluding carboxylic acids is 3. The zero-order chi connectivity index (χ0) is 17.7. The van der Waals surface area contributed by atoms with Gasteiger partial charge in [0, 0.05) is 29.6 Å². The predicted octanol–water partition coefficient (Wildman–Crippen LogP) is 1.55. The number of piperidine rings is 1. The predicted molar refractivity (Wildman–Crippen MR) is 91.9 cm³/mol. The van der Waals surface area contributed by atoms with Crippen molar-refractivity contribution in [3.63, 3.8) is 0 Å². The average Bonchev–Trinajstić information content (AvgIpc) is 2.55. The van der Waals surface area contributed by atoms with Crippen LogP contribution in [0.5, 0.6) is 0 Å². The van der Waals surface area contributed by atoms with Gasteiger partial charge in [0.2, 0.25) is 11.8 Å². The van der Waals surface area contributed by atoms with E-state index in [9.17, 15) is 14.4 Å². The molecule has 1 aromatic rings. The van der Waals surface area contributed by atoms with Gasteiger partial charge in [0.05, 0.1) is 0 Å². The SMILES string of the molecule is Cc1ccc(C(=O)NC[C@H](C)NC(=O)[C@H]2CCCC(=O)N2)cc1Cl. The second-order valence-electron chi connectivity index (χ2n) is 6.10. The van der Waals surface area contributed by atoms with Crippen molar-refractivity contribution in [2.24, 2.45) is 0 Å². The Morgan fingerprint density at radius 2 is 2.17 bits per heavy atom. The van der Waals surface area contributed by atoms with Gasteiger partial charge in [-0.1, -0.05) is 17.7 Å². The van der Waals surface area contributed by atoms with Crippen LogP contribution in [0.3, 0.4) is 0 Å². The third-order valence-electron chi connectivity index (χ3n) is 3.94. The molecule has 0 saturated carbocycles. The van der Waals surface area contributed by atoms with Crippen LogP contribution in [0.4, 0.5) is 0 Å². The fourth-order valence-corrected chi connectivity index (χ4v) is 2.66. The molecule has 0 spiro atoms. The summed E-state index contributed by atoms with van der Waals surface area (Å²) < 4.78 is 0. The maximum absolute atomic E-state index is 12.1. The van der Waals surface area contributed by atoms with Crippen molar-refractivity contribution < 1.29 is 14.4 Å². The third-order valence-corrected chi connectivity index (χ3v) is 4.35. The molecule has 0 aromatic heterocycles. The molecule has 130 valence electrons. The topological polar surface area (TPSA) is 87.3 Å². The molecule has 0 bridgehead atoms. The molecule has 1 heterocycles. The van der Waals surface area contributed by atoms with Crippen LogP contribution in [0.15, 0.2) is 18.2 Å². The summed E-state index contributed by atoms with van der Waals surface area (Å²) in [6.45, 7) is 3.95. The van der Waals surface area contributed by atoms with E-state index in [1.54, 1.807) is 25.1 Å². The fourth-order valence-electron chi connectivity index (χ4n) is 2.48. The first-order chi connectivity index (χ1) is 11.4. The molecule has 0 unspecified atom stereocenters. The summed E-state index contributed by atoms with van der Waals surface area (Å²) in [6, 6.07) is 4.37. The van der Waals surface area contributed by atoms with Crippen molar-refractivity contribution in [2.75, 3.05) is 6.54 Å². The molecule has 0 radical (unpaired) electrons. The molecule has 1 fully saturated rings. The van der Waals surface area contributed by atoms with Gasteiger partial charge in [0.1, 0.15) is 6.04 Å². The minimum absolute atomic E-state index is 0.0985. The summed E-state index contributed by atoms with van der Waals surface area (Å²) in [6.07, 6.45) is 1.82. The van der Waals surface area contributed by atoms with Crippen LogP contribution in [0.25, 0.3) is 0 Å². The van der Waals surface area contributed by atoms with Crippen LogP contribution < -0.4 is 16.0 Å². The average molecular weight is 352 g/mol. The van der Waals surface area contributed by atoms with E-state index in [2.05, 4.69) is 16.0 Å². The lowest BCUT2D eigenvalue weighted by molar-refractivity contribution is -0.131. The van der Waals surface area contributed by atoms with Crippen LogP contribution in [0.2, 0.25) is 5.02 Å². The van der Waals surface area contributed by atoms with Crippen LogP contribution in [0, 0.1) is 6.92 Å². The summed E-state index contributed by atoms with van der Waals surface area (Å²) >= 11 is 6.02. The Hall–Kier alpha value is -2.08. The lowest BCUT2D eigenvalue weighted by atomic mass is 10.0. The van der Waals surface area contributed by atoms with E-state index in [1.165, 1.54) is 0 Å². The molecule has 0 aliphatic carbocycles. The highest BCUT2D eigenvalue weighted by molar-refractivity contribution is 6.31. The van der Waals surface area contributed by atoms with E-state index in [4.69, 9.17) is 11.6 Å². The van der Waals surface area contributed by atoms with Gasteiger partial charge in [0.25, 0.3) is 5.91 Å². The maximum Gasteiger partial charge on any atom is 0.251 e. The van der Waals surface area contributed by atoms with E-state index in [1.807, 2.05) is 6.92 Å². The van der Waals surface area contributed by atoms with Gasteiger partial charge in [-0.15, -0.1) is 0 Å². The second-order valence-corrected chi connectivity index (χ2v) is 6.50. The smallest absolute Gasteiger partial charge is 0.251 e. The van der Waals surface area contributed by atoms with E-state index in [0.29, 0.717) is 29.8 Å². The van der Waals surface area contributed by atoms with Crippen molar-refractivity contribution >= 4 is 29.3 Å². The molecular weight excluding hydrogens is 330 g/mol. The van der Waals surface area contributed by atoms with Crippen LogP contribution in [-0.4, -0.2) is 36.3 Å². The van der Waals surface area contributed by atoms with Crippen molar-refractivity contribution in [3.8, 4) is 0 Å². The largest absolute Gasteiger partial charge is 0.350 e. The summed E-state index contributed by atoms with van der Waals surface area (Å²) in [5.74, 6) is -0.564. The highest BCUT2D eigenvalue weighted by Gasteiger charge is 2.25. The van der Waals surface area contributed by atoms with Gasteiger partial charge in [-0.25, -0.2) is 0 Å². The maximum atomic E-state index is 12.1. The number of hydrogen-bond acceptors (Lipinski definition) is 3. The number of halogens is 1. The lowest BCUT2D eigenvalue weighted by Crippen LogP contribution is -2.52. The number of nitrogens with one attached hydrogen (secondary N) is 3. The van der Waals surface area contributed by atoms with E-state index in [0.717, 1.165) is 5.56 Å². The van der Waals surface area contributed by atoms with Gasteiger partial charge in [0.15, 0.2) is 0 Å². The molecule has 1 saturated heterocycles. The van der Waals surface area contributed by atoms with Crippen molar-refractivity contribution in [2.45, 2.75) is 45.2 Å². The van der Waals surface area contributed by atoms with Crippen LogP contribution in [-0.2, 0) is 9.59 Å². The Kier molecular flexibility index (Phi) is 6.20. The first kappa shape index (κ1) is 18.3. The van der Waals surface area contributed by atoms with Crippen molar-refractivity contribution in [1.29, 1.82) is 0 Å². The first-order valence-corrected chi connectivity index (χ1v) is 8.38. The van der Waals surface area contributed by atoms with Gasteiger partial charge in [-0.2, -0.15) is 0 Å². The standard InChI is InChI=1S/C17H22ClN3O3/c1-10-6-7-12(8-13(10)18)16(23)19-9-11(2)20-17(24)14-4-3-5-15(22)21-14/h6-8,11,14H,3-5,9H2,1-2H3,(H,19,23)(H,20,24)(H,21,22)/t11-,14+/m0/s1. The van der Waals surface area contributed by atoms with Crippen LogP contribution in [0.1, 0.15) is 42.1 Å². The summed E-state index contributed by atoms with van der Waals surface area (Å²) in [5, 5.41) is 8.78. The zero-order valence-corrected chi connectivity index (χ0v) is 14.6. The Bertz CT molecular complexity index is 648. The van der Waals surface area contributed by atoms with Gasteiger partial charge in [-0.3, -0.25) is 14.4 Å². The molecule has 1 aliphatic heterocycles. The van der Waals surface area contributed by atoms with E-state index >= 15 is 0 Å². The highest BCUT2D eigenvalue weighted by atomic mass is 35.5. The highest BCUT2D eigenvalue weighted by Crippen LogP contribution is 2.16. The molecule has 2 atom stereocenters. The Morgan fingerprint density at radius 1 is 1.42 bits per heavy atom.